The van der Waals surface area contributed by atoms with Gasteiger partial charge >= 0.3 is 5.97 Å². The van der Waals surface area contributed by atoms with Crippen molar-refractivity contribution in [1.82, 2.24) is 9.97 Å². The monoisotopic (exact) mass is 385 g/mol. The van der Waals surface area contributed by atoms with Crippen LogP contribution in [0.5, 0.6) is 11.5 Å². The molecule has 0 aliphatic heterocycles. The van der Waals surface area contributed by atoms with E-state index in [0.717, 1.165) is 11.1 Å². The molecule has 0 saturated heterocycles. The summed E-state index contributed by atoms with van der Waals surface area (Å²) >= 11 is 5.93. The maximum absolute atomic E-state index is 10.7. The summed E-state index contributed by atoms with van der Waals surface area (Å²) in [6, 6.07) is 14.1. The summed E-state index contributed by atoms with van der Waals surface area (Å²) in [4.78, 5) is 19.2. The minimum absolute atomic E-state index is 0.127. The van der Waals surface area contributed by atoms with E-state index in [4.69, 9.17) is 31.9 Å². The van der Waals surface area contributed by atoms with Gasteiger partial charge in [-0.3, -0.25) is 0 Å². The van der Waals surface area contributed by atoms with Crippen LogP contribution in [-0.4, -0.2) is 34.8 Å². The minimum atomic E-state index is -1.07. The van der Waals surface area contributed by atoms with Gasteiger partial charge in [0.2, 0.25) is 5.95 Å². The second-order valence-electron chi connectivity index (χ2n) is 5.55. The molecule has 0 unspecified atom stereocenters. The van der Waals surface area contributed by atoms with Crippen LogP contribution in [0, 0.1) is 0 Å². The first-order valence-electron chi connectivity index (χ1n) is 7.90. The number of nitrogens with zero attached hydrogens (tertiary/aromatic N) is 2. The van der Waals surface area contributed by atoms with Gasteiger partial charge in [-0.15, -0.1) is 0 Å². The van der Waals surface area contributed by atoms with Gasteiger partial charge in [-0.1, -0.05) is 23.7 Å². The first kappa shape index (κ1) is 18.5. The molecule has 0 aliphatic carbocycles. The molecule has 0 spiro atoms. The number of halogens is 1. The number of carboxylic acids is 1. The Bertz CT molecular complexity index is 977. The van der Waals surface area contributed by atoms with E-state index >= 15 is 0 Å². The molecular weight excluding hydrogens is 370 g/mol. The maximum Gasteiger partial charge on any atom is 0.341 e. The van der Waals surface area contributed by atoms with E-state index in [2.05, 4.69) is 9.97 Å². The smallest absolute Gasteiger partial charge is 0.341 e. The Kier molecular flexibility index (Phi) is 5.42. The molecule has 1 heterocycles. The fraction of sp³-hybridized carbons (Fsp3) is 0.105. The molecule has 0 radical (unpaired) electrons. The number of carbonyl (C=O) groups is 1. The Morgan fingerprint density at radius 1 is 1.04 bits per heavy atom. The number of benzene rings is 2. The average molecular weight is 386 g/mol. The summed E-state index contributed by atoms with van der Waals surface area (Å²) in [5.74, 6) is -0.234. The number of ether oxygens (including phenoxy) is 2. The van der Waals surface area contributed by atoms with E-state index < -0.39 is 12.6 Å². The predicted molar refractivity (Wildman–Crippen MR) is 102 cm³/mol. The second kappa shape index (κ2) is 7.92. The van der Waals surface area contributed by atoms with E-state index in [1.54, 1.807) is 36.4 Å². The van der Waals surface area contributed by atoms with Crippen LogP contribution in [-0.2, 0) is 4.79 Å². The SMILES string of the molecule is COc1cc(-c2cc(-c3ccc(Cl)cc3)nc(N)n2)ccc1OCC(=O)O. The zero-order valence-electron chi connectivity index (χ0n) is 14.3. The van der Waals surface area contributed by atoms with Crippen LogP contribution in [0.4, 0.5) is 5.95 Å². The number of hydrogen-bond donors (Lipinski definition) is 2. The predicted octanol–water partition coefficient (Wildman–Crippen LogP) is 3.52. The quantitative estimate of drug-likeness (QED) is 0.668. The highest BCUT2D eigenvalue weighted by atomic mass is 35.5. The number of rotatable bonds is 6. The van der Waals surface area contributed by atoms with Crippen LogP contribution >= 0.6 is 11.6 Å². The van der Waals surface area contributed by atoms with Crippen molar-refractivity contribution in [3.8, 4) is 34.0 Å². The minimum Gasteiger partial charge on any atom is -0.493 e. The van der Waals surface area contributed by atoms with E-state index in [0.29, 0.717) is 27.9 Å². The Labute approximate surface area is 160 Å². The van der Waals surface area contributed by atoms with Crippen LogP contribution in [0.3, 0.4) is 0 Å². The molecule has 0 amide bonds. The summed E-state index contributed by atoms with van der Waals surface area (Å²) in [6.45, 7) is -0.461. The molecule has 3 aromatic rings. The first-order valence-corrected chi connectivity index (χ1v) is 8.27. The number of anilines is 1. The van der Waals surface area contributed by atoms with Crippen LogP contribution in [0.2, 0.25) is 5.02 Å². The fourth-order valence-electron chi connectivity index (χ4n) is 2.47. The summed E-state index contributed by atoms with van der Waals surface area (Å²) in [5, 5.41) is 9.38. The zero-order valence-corrected chi connectivity index (χ0v) is 15.1. The zero-order chi connectivity index (χ0) is 19.4. The highest BCUT2D eigenvalue weighted by Gasteiger charge is 2.12. The van der Waals surface area contributed by atoms with Crippen molar-refractivity contribution in [2.45, 2.75) is 0 Å². The van der Waals surface area contributed by atoms with E-state index in [9.17, 15) is 4.79 Å². The molecule has 27 heavy (non-hydrogen) atoms. The standard InChI is InChI=1S/C19H16ClN3O4/c1-26-17-8-12(4-7-16(17)27-10-18(24)25)15-9-14(22-19(21)23-15)11-2-5-13(20)6-3-11/h2-9H,10H2,1H3,(H,24,25)(H2,21,22,23). The van der Waals surface area contributed by atoms with Crippen molar-refractivity contribution in [3.63, 3.8) is 0 Å². The van der Waals surface area contributed by atoms with Gasteiger partial charge in [0.15, 0.2) is 18.1 Å². The molecule has 0 bridgehead atoms. The van der Waals surface area contributed by atoms with Crippen LogP contribution in [0.25, 0.3) is 22.5 Å². The van der Waals surface area contributed by atoms with Crippen molar-refractivity contribution in [1.29, 1.82) is 0 Å². The molecule has 3 N–H and O–H groups in total. The van der Waals surface area contributed by atoms with E-state index in [-0.39, 0.29) is 5.95 Å². The Morgan fingerprint density at radius 2 is 1.67 bits per heavy atom. The molecule has 0 aliphatic rings. The third-order valence-corrected chi connectivity index (χ3v) is 3.95. The van der Waals surface area contributed by atoms with Crippen molar-refractivity contribution in [2.75, 3.05) is 19.5 Å². The molecule has 2 aromatic carbocycles. The molecule has 1 aromatic heterocycles. The molecule has 138 valence electrons. The van der Waals surface area contributed by atoms with Crippen molar-refractivity contribution in [2.24, 2.45) is 0 Å². The van der Waals surface area contributed by atoms with Gasteiger partial charge in [-0.25, -0.2) is 14.8 Å². The van der Waals surface area contributed by atoms with Gasteiger partial charge < -0.3 is 20.3 Å². The lowest BCUT2D eigenvalue weighted by Crippen LogP contribution is -2.10. The molecule has 0 fully saturated rings. The first-order chi connectivity index (χ1) is 13.0. The largest absolute Gasteiger partial charge is 0.493 e. The van der Waals surface area contributed by atoms with Crippen molar-refractivity contribution in [3.05, 3.63) is 53.6 Å². The lowest BCUT2D eigenvalue weighted by molar-refractivity contribution is -0.139. The Hall–Kier alpha value is -3.32. The number of nitrogens with two attached hydrogens (primary N) is 1. The lowest BCUT2D eigenvalue weighted by atomic mass is 10.1. The van der Waals surface area contributed by atoms with Crippen LogP contribution in [0.15, 0.2) is 48.5 Å². The maximum atomic E-state index is 10.7. The molecule has 0 saturated carbocycles. The normalized spacial score (nSPS) is 10.4. The van der Waals surface area contributed by atoms with Crippen molar-refractivity contribution >= 4 is 23.5 Å². The number of hydrogen-bond acceptors (Lipinski definition) is 6. The molecule has 3 rings (SSSR count). The van der Waals surface area contributed by atoms with E-state index in [1.807, 2.05) is 12.1 Å². The van der Waals surface area contributed by atoms with Gasteiger partial charge in [-0.05, 0) is 36.4 Å². The summed E-state index contributed by atoms with van der Waals surface area (Å²) in [5.41, 5.74) is 8.69. The van der Waals surface area contributed by atoms with Gasteiger partial charge in [0.05, 0.1) is 18.5 Å². The lowest BCUT2D eigenvalue weighted by Gasteiger charge is -2.12. The number of nitrogen functional groups attached to an aromatic ring is 1. The summed E-state index contributed by atoms with van der Waals surface area (Å²) in [6.07, 6.45) is 0. The van der Waals surface area contributed by atoms with Gasteiger partial charge in [0.1, 0.15) is 0 Å². The highest BCUT2D eigenvalue weighted by molar-refractivity contribution is 6.30. The van der Waals surface area contributed by atoms with Crippen LogP contribution in [0.1, 0.15) is 0 Å². The fourth-order valence-corrected chi connectivity index (χ4v) is 2.59. The van der Waals surface area contributed by atoms with Gasteiger partial charge in [0.25, 0.3) is 0 Å². The van der Waals surface area contributed by atoms with Gasteiger partial charge in [0, 0.05) is 16.1 Å². The average Bonchev–Trinajstić information content (AvgIpc) is 2.66. The number of methoxy groups -OCH3 is 1. The molecular formula is C19H16ClN3O4. The number of aliphatic carboxylic acids is 1. The highest BCUT2D eigenvalue weighted by Crippen LogP contribution is 2.33. The topological polar surface area (TPSA) is 108 Å². The third-order valence-electron chi connectivity index (χ3n) is 3.69. The molecule has 8 heteroatoms. The summed E-state index contributed by atoms with van der Waals surface area (Å²) < 4.78 is 10.5. The Balaban J connectivity index is 1.98. The van der Waals surface area contributed by atoms with E-state index in [1.165, 1.54) is 7.11 Å². The molecule has 7 nitrogen and oxygen atoms in total. The summed E-state index contributed by atoms with van der Waals surface area (Å²) in [7, 11) is 1.47. The van der Waals surface area contributed by atoms with Gasteiger partial charge in [-0.2, -0.15) is 0 Å². The second-order valence-corrected chi connectivity index (χ2v) is 5.99. The Morgan fingerprint density at radius 3 is 2.30 bits per heavy atom. The third kappa shape index (κ3) is 4.45. The van der Waals surface area contributed by atoms with Crippen LogP contribution < -0.4 is 15.2 Å². The van der Waals surface area contributed by atoms with Crippen molar-refractivity contribution < 1.29 is 19.4 Å². The molecule has 0 atom stereocenters. The number of aromatic nitrogens is 2. The number of carboxylic acid groups (broad SMARTS) is 1.